The third kappa shape index (κ3) is 4.80. The van der Waals surface area contributed by atoms with Gasteiger partial charge in [-0.3, -0.25) is 9.59 Å². The lowest BCUT2D eigenvalue weighted by atomic mass is 10.2. The van der Waals surface area contributed by atoms with E-state index < -0.39 is 0 Å². The van der Waals surface area contributed by atoms with Crippen LogP contribution in [0.3, 0.4) is 0 Å². The van der Waals surface area contributed by atoms with Crippen molar-refractivity contribution in [2.75, 3.05) is 24.7 Å². The number of nitrogens with two attached hydrogens (primary N) is 2. The second-order valence-corrected chi connectivity index (χ2v) is 7.10. The van der Waals surface area contributed by atoms with Crippen molar-refractivity contribution in [3.8, 4) is 11.5 Å². The Hall–Kier alpha value is -3.94. The predicted molar refractivity (Wildman–Crippen MR) is 119 cm³/mol. The van der Waals surface area contributed by atoms with Crippen LogP contribution in [-0.4, -0.2) is 13.2 Å². The largest absolute Gasteiger partial charge is 0.494 e. The lowest BCUT2D eigenvalue weighted by Gasteiger charge is -2.08. The molecular weight excluding hydrogens is 400 g/mol. The van der Waals surface area contributed by atoms with Crippen molar-refractivity contribution < 1.29 is 18.3 Å². The first-order valence-corrected chi connectivity index (χ1v) is 9.92. The number of fused-ring (bicyclic) bond motifs is 2. The Morgan fingerprint density at radius 1 is 0.645 bits per heavy atom. The molecule has 0 aliphatic rings. The van der Waals surface area contributed by atoms with E-state index in [1.807, 2.05) is 0 Å². The van der Waals surface area contributed by atoms with Crippen LogP contribution < -0.4 is 31.8 Å². The molecular formula is C23H22N2O6. The van der Waals surface area contributed by atoms with E-state index in [0.29, 0.717) is 46.7 Å². The maximum absolute atomic E-state index is 12.0. The number of anilines is 2. The summed E-state index contributed by atoms with van der Waals surface area (Å²) in [5, 5.41) is 0.874. The average Bonchev–Trinajstić information content (AvgIpc) is 2.73. The van der Waals surface area contributed by atoms with E-state index in [1.165, 1.54) is 12.1 Å². The summed E-state index contributed by atoms with van der Waals surface area (Å²) in [5.41, 5.74) is 11.6. The highest BCUT2D eigenvalue weighted by Gasteiger charge is 2.06. The van der Waals surface area contributed by atoms with Gasteiger partial charge in [-0.1, -0.05) is 0 Å². The fourth-order valence-corrected chi connectivity index (χ4v) is 3.25. The number of rotatable bonds is 8. The summed E-state index contributed by atoms with van der Waals surface area (Å²) >= 11 is 0. The SMILES string of the molecule is Nc1cc(=O)c2cc(OCCCCCOc3ccc4oc(N)cc(=O)c4c3)ccc2o1. The van der Waals surface area contributed by atoms with Gasteiger partial charge in [0, 0.05) is 12.1 Å². The van der Waals surface area contributed by atoms with Crippen LogP contribution in [0.4, 0.5) is 11.8 Å². The van der Waals surface area contributed by atoms with Crippen LogP contribution in [0.15, 0.2) is 67.0 Å². The zero-order valence-electron chi connectivity index (χ0n) is 16.8. The van der Waals surface area contributed by atoms with Crippen LogP contribution in [0.25, 0.3) is 21.9 Å². The van der Waals surface area contributed by atoms with Gasteiger partial charge in [-0.25, -0.2) is 0 Å². The van der Waals surface area contributed by atoms with Gasteiger partial charge >= 0.3 is 0 Å². The lowest BCUT2D eigenvalue weighted by Crippen LogP contribution is -2.04. The van der Waals surface area contributed by atoms with Crippen LogP contribution in [0, 0.1) is 0 Å². The summed E-state index contributed by atoms with van der Waals surface area (Å²) < 4.78 is 22.1. The zero-order valence-corrected chi connectivity index (χ0v) is 16.8. The van der Waals surface area contributed by atoms with Crippen LogP contribution in [0.1, 0.15) is 19.3 Å². The van der Waals surface area contributed by atoms with Crippen LogP contribution in [-0.2, 0) is 0 Å². The third-order valence-corrected chi connectivity index (χ3v) is 4.76. The normalized spacial score (nSPS) is 11.1. The van der Waals surface area contributed by atoms with Crippen molar-refractivity contribution in [2.45, 2.75) is 19.3 Å². The zero-order chi connectivity index (χ0) is 21.8. The molecule has 8 heteroatoms. The molecule has 8 nitrogen and oxygen atoms in total. The highest BCUT2D eigenvalue weighted by molar-refractivity contribution is 5.79. The van der Waals surface area contributed by atoms with Crippen molar-refractivity contribution in [3.63, 3.8) is 0 Å². The van der Waals surface area contributed by atoms with Crippen LogP contribution in [0.2, 0.25) is 0 Å². The van der Waals surface area contributed by atoms with Crippen molar-refractivity contribution in [1.82, 2.24) is 0 Å². The molecule has 0 spiro atoms. The Labute approximate surface area is 177 Å². The van der Waals surface area contributed by atoms with Gasteiger partial charge < -0.3 is 29.8 Å². The Morgan fingerprint density at radius 2 is 1.10 bits per heavy atom. The molecule has 2 aromatic carbocycles. The maximum atomic E-state index is 12.0. The standard InChI is InChI=1S/C23H22N2O6/c24-22-12-18(26)16-10-14(4-6-20(16)30-22)28-8-2-1-3-9-29-15-5-7-21-17(11-15)19(27)13-23(25)31-21/h4-7,10-13H,1-3,8-9,24-25H2. The van der Waals surface area contributed by atoms with Crippen LogP contribution in [0.5, 0.6) is 11.5 Å². The highest BCUT2D eigenvalue weighted by Crippen LogP contribution is 2.21. The highest BCUT2D eigenvalue weighted by atomic mass is 16.5. The molecule has 0 saturated carbocycles. The molecule has 0 fully saturated rings. The third-order valence-electron chi connectivity index (χ3n) is 4.76. The lowest BCUT2D eigenvalue weighted by molar-refractivity contribution is 0.279. The van der Waals surface area contributed by atoms with Crippen LogP contribution >= 0.6 is 0 Å². The molecule has 0 unspecified atom stereocenters. The van der Waals surface area contributed by atoms with E-state index >= 15 is 0 Å². The fourth-order valence-electron chi connectivity index (χ4n) is 3.25. The summed E-state index contributed by atoms with van der Waals surface area (Å²) in [6.45, 7) is 1.04. The summed E-state index contributed by atoms with van der Waals surface area (Å²) in [5.74, 6) is 1.39. The molecule has 4 N–H and O–H groups in total. The number of hydrogen-bond acceptors (Lipinski definition) is 8. The molecule has 2 aromatic heterocycles. The monoisotopic (exact) mass is 422 g/mol. The number of ether oxygens (including phenoxy) is 2. The minimum absolute atomic E-state index is 0.0882. The molecule has 0 aliphatic heterocycles. The number of unbranched alkanes of at least 4 members (excludes halogenated alkanes) is 2. The van der Waals surface area contributed by atoms with E-state index in [2.05, 4.69) is 0 Å². The van der Waals surface area contributed by atoms with E-state index in [1.54, 1.807) is 36.4 Å². The minimum Gasteiger partial charge on any atom is -0.494 e. The molecule has 4 aromatic rings. The first-order valence-electron chi connectivity index (χ1n) is 9.92. The second-order valence-electron chi connectivity index (χ2n) is 7.10. The van der Waals surface area contributed by atoms with Gasteiger partial charge in [0.1, 0.15) is 22.7 Å². The van der Waals surface area contributed by atoms with E-state index in [4.69, 9.17) is 29.8 Å². The average molecular weight is 422 g/mol. The number of benzene rings is 2. The molecule has 2 heterocycles. The summed E-state index contributed by atoms with van der Waals surface area (Å²) in [6.07, 6.45) is 2.56. The minimum atomic E-state index is -0.198. The molecule has 0 atom stereocenters. The van der Waals surface area contributed by atoms with Crippen molar-refractivity contribution >= 4 is 33.7 Å². The van der Waals surface area contributed by atoms with Crippen molar-refractivity contribution in [1.29, 1.82) is 0 Å². The topological polar surface area (TPSA) is 131 Å². The first-order chi connectivity index (χ1) is 15.0. The predicted octanol–water partition coefficient (Wildman–Crippen LogP) is 3.69. The molecule has 0 bridgehead atoms. The van der Waals surface area contributed by atoms with Gasteiger partial charge in [0.15, 0.2) is 22.6 Å². The van der Waals surface area contributed by atoms with Gasteiger partial charge in [-0.2, -0.15) is 0 Å². The van der Waals surface area contributed by atoms with Crippen molar-refractivity contribution in [3.05, 3.63) is 69.0 Å². The van der Waals surface area contributed by atoms with E-state index in [0.717, 1.165) is 19.3 Å². The molecule has 4 rings (SSSR count). The molecule has 160 valence electrons. The van der Waals surface area contributed by atoms with Crippen molar-refractivity contribution in [2.24, 2.45) is 0 Å². The molecule has 0 amide bonds. The second kappa shape index (κ2) is 8.83. The summed E-state index contributed by atoms with van der Waals surface area (Å²) in [6, 6.07) is 12.7. The molecule has 0 aliphatic carbocycles. The Bertz CT molecular complexity index is 1240. The van der Waals surface area contributed by atoms with Gasteiger partial charge in [0.2, 0.25) is 0 Å². The van der Waals surface area contributed by atoms with Gasteiger partial charge in [-0.15, -0.1) is 0 Å². The van der Waals surface area contributed by atoms with Gasteiger partial charge in [0.25, 0.3) is 0 Å². The fraction of sp³-hybridized carbons (Fsp3) is 0.217. The summed E-state index contributed by atoms with van der Waals surface area (Å²) in [7, 11) is 0. The summed E-state index contributed by atoms with van der Waals surface area (Å²) in [4.78, 5) is 24.0. The van der Waals surface area contributed by atoms with Gasteiger partial charge in [0.05, 0.1) is 24.0 Å². The van der Waals surface area contributed by atoms with Gasteiger partial charge in [-0.05, 0) is 55.7 Å². The number of nitrogen functional groups attached to an aromatic ring is 2. The molecule has 0 radical (unpaired) electrons. The number of hydrogen-bond donors (Lipinski definition) is 2. The Balaban J connectivity index is 1.22. The smallest absolute Gasteiger partial charge is 0.195 e. The quantitative estimate of drug-likeness (QED) is 0.411. The van der Waals surface area contributed by atoms with E-state index in [-0.39, 0.29) is 22.6 Å². The molecule has 31 heavy (non-hydrogen) atoms. The first kappa shape index (κ1) is 20.3. The Kier molecular flexibility index (Phi) is 5.79. The Morgan fingerprint density at radius 3 is 1.55 bits per heavy atom. The maximum Gasteiger partial charge on any atom is 0.195 e. The van der Waals surface area contributed by atoms with E-state index in [9.17, 15) is 9.59 Å². The molecule has 0 saturated heterocycles.